The molecule has 0 bridgehead atoms. The van der Waals surface area contributed by atoms with Crippen LogP contribution in [0.25, 0.3) is 77.2 Å². The predicted octanol–water partition coefficient (Wildman–Crippen LogP) is 11.9. The monoisotopic (exact) mass is 552 g/mol. The zero-order chi connectivity index (χ0) is 27.6. The Morgan fingerprint density at radius 1 is 0.357 bits per heavy atom. The van der Waals surface area contributed by atoms with Crippen molar-refractivity contribution in [3.05, 3.63) is 146 Å². The molecule has 7 aromatic carbocycles. The predicted molar refractivity (Wildman–Crippen MR) is 177 cm³/mol. The number of hydrogen-bond acceptors (Lipinski definition) is 2. The zero-order valence-corrected chi connectivity index (χ0v) is 23.5. The van der Waals surface area contributed by atoms with Crippen molar-refractivity contribution in [2.75, 3.05) is 0 Å². The number of benzene rings is 7. The summed E-state index contributed by atoms with van der Waals surface area (Å²) in [6.07, 6.45) is 0. The third-order valence-electron chi connectivity index (χ3n) is 8.46. The van der Waals surface area contributed by atoms with Crippen LogP contribution in [0.4, 0.5) is 0 Å². The molecular weight excluding hydrogens is 529 g/mol. The highest BCUT2D eigenvalue weighted by Crippen LogP contribution is 2.50. The third-order valence-corrected chi connectivity index (χ3v) is 9.60. The van der Waals surface area contributed by atoms with E-state index in [2.05, 4.69) is 133 Å². The average molecular weight is 553 g/mol. The topological polar surface area (TPSA) is 13.1 Å². The van der Waals surface area contributed by atoms with Crippen LogP contribution < -0.4 is 0 Å². The van der Waals surface area contributed by atoms with Crippen molar-refractivity contribution in [3.63, 3.8) is 0 Å². The molecule has 0 atom stereocenters. The standard InChI is InChI=1S/C40H24OS/c1-2-9-25(10-3-1)27-21-28(26-17-18-32-31-11-4-6-15-36(31)41-37(32)24-26)23-29(22-27)30-19-20-39-40-34(30)13-8-14-35(40)33-12-5-7-16-38(33)42-39/h1-24H. The first-order valence-electron chi connectivity index (χ1n) is 14.3. The summed E-state index contributed by atoms with van der Waals surface area (Å²) in [5.41, 5.74) is 11.7. The van der Waals surface area contributed by atoms with Gasteiger partial charge in [0.25, 0.3) is 0 Å². The van der Waals surface area contributed by atoms with Crippen molar-refractivity contribution >= 4 is 44.5 Å². The maximum Gasteiger partial charge on any atom is 0.136 e. The van der Waals surface area contributed by atoms with Gasteiger partial charge in [0.05, 0.1) is 0 Å². The van der Waals surface area contributed by atoms with E-state index in [0.29, 0.717) is 0 Å². The van der Waals surface area contributed by atoms with Crippen LogP contribution in [0.2, 0.25) is 0 Å². The first-order valence-corrected chi connectivity index (χ1v) is 15.1. The Hall–Kier alpha value is -5.05. The van der Waals surface area contributed by atoms with E-state index < -0.39 is 0 Å². The van der Waals surface area contributed by atoms with Gasteiger partial charge in [-0.2, -0.15) is 0 Å². The zero-order valence-electron chi connectivity index (χ0n) is 22.7. The fourth-order valence-corrected chi connectivity index (χ4v) is 7.61. The largest absolute Gasteiger partial charge is 0.456 e. The van der Waals surface area contributed by atoms with Gasteiger partial charge in [-0.05, 0) is 98.4 Å². The van der Waals surface area contributed by atoms with Crippen LogP contribution in [0.1, 0.15) is 0 Å². The van der Waals surface area contributed by atoms with Crippen molar-refractivity contribution in [1.82, 2.24) is 0 Å². The second-order valence-electron chi connectivity index (χ2n) is 10.9. The molecule has 2 heteroatoms. The van der Waals surface area contributed by atoms with Gasteiger partial charge in [-0.15, -0.1) is 0 Å². The number of para-hydroxylation sites is 1. The fraction of sp³-hybridized carbons (Fsp3) is 0. The molecule has 0 saturated heterocycles. The Morgan fingerprint density at radius 2 is 1.07 bits per heavy atom. The molecule has 0 saturated carbocycles. The summed E-state index contributed by atoms with van der Waals surface area (Å²) in [4.78, 5) is 2.64. The molecule has 0 amide bonds. The number of furan rings is 1. The molecular formula is C40H24OS. The lowest BCUT2D eigenvalue weighted by molar-refractivity contribution is 0.669. The minimum Gasteiger partial charge on any atom is -0.456 e. The molecule has 196 valence electrons. The lowest BCUT2D eigenvalue weighted by Crippen LogP contribution is -1.94. The maximum absolute atomic E-state index is 6.27. The molecule has 2 heterocycles. The lowest BCUT2D eigenvalue weighted by atomic mass is 9.89. The van der Waals surface area contributed by atoms with E-state index in [1.54, 1.807) is 0 Å². The van der Waals surface area contributed by atoms with Gasteiger partial charge < -0.3 is 4.42 Å². The van der Waals surface area contributed by atoms with Crippen molar-refractivity contribution in [2.24, 2.45) is 0 Å². The van der Waals surface area contributed by atoms with Crippen LogP contribution in [0.15, 0.2) is 160 Å². The molecule has 0 fully saturated rings. The van der Waals surface area contributed by atoms with Crippen molar-refractivity contribution in [1.29, 1.82) is 0 Å². The molecule has 1 aromatic heterocycles. The summed E-state index contributed by atoms with van der Waals surface area (Å²) in [5, 5.41) is 4.93. The Bertz CT molecular complexity index is 2330. The molecule has 1 nitrogen and oxygen atoms in total. The fourth-order valence-electron chi connectivity index (χ4n) is 6.48. The Labute approximate surface area is 248 Å². The molecule has 1 aliphatic rings. The molecule has 1 aliphatic heterocycles. The van der Waals surface area contributed by atoms with E-state index in [-0.39, 0.29) is 0 Å². The highest BCUT2D eigenvalue weighted by atomic mass is 32.2. The first-order chi connectivity index (χ1) is 20.8. The number of rotatable bonds is 3. The molecule has 0 aliphatic carbocycles. The molecule has 9 rings (SSSR count). The summed E-state index contributed by atoms with van der Waals surface area (Å²) >= 11 is 1.87. The number of fused-ring (bicyclic) bond motifs is 5. The van der Waals surface area contributed by atoms with Crippen LogP contribution in [0, 0.1) is 0 Å². The smallest absolute Gasteiger partial charge is 0.136 e. The van der Waals surface area contributed by atoms with Gasteiger partial charge in [-0.3, -0.25) is 0 Å². The summed E-state index contributed by atoms with van der Waals surface area (Å²) in [6.45, 7) is 0. The van der Waals surface area contributed by atoms with Crippen LogP contribution in [-0.2, 0) is 0 Å². The van der Waals surface area contributed by atoms with Gasteiger partial charge >= 0.3 is 0 Å². The van der Waals surface area contributed by atoms with Gasteiger partial charge in [-0.25, -0.2) is 0 Å². The normalized spacial score (nSPS) is 12.2. The van der Waals surface area contributed by atoms with E-state index in [9.17, 15) is 0 Å². The maximum atomic E-state index is 6.27. The Kier molecular flexibility index (Phi) is 5.20. The summed E-state index contributed by atoms with van der Waals surface area (Å²) in [6, 6.07) is 52.6. The van der Waals surface area contributed by atoms with Crippen molar-refractivity contribution in [3.8, 4) is 44.5 Å². The minimum absolute atomic E-state index is 0.914. The van der Waals surface area contributed by atoms with E-state index in [1.165, 1.54) is 59.5 Å². The molecule has 0 spiro atoms. The second kappa shape index (κ2) is 9.24. The summed E-state index contributed by atoms with van der Waals surface area (Å²) in [5.74, 6) is 0. The van der Waals surface area contributed by atoms with Gasteiger partial charge in [0.15, 0.2) is 0 Å². The lowest BCUT2D eigenvalue weighted by Gasteiger charge is -2.22. The molecule has 0 N–H and O–H groups in total. The minimum atomic E-state index is 0.914. The Balaban J connectivity index is 1.28. The molecule has 0 radical (unpaired) electrons. The van der Waals surface area contributed by atoms with Crippen molar-refractivity contribution in [2.45, 2.75) is 9.79 Å². The van der Waals surface area contributed by atoms with E-state index in [1.807, 2.05) is 23.9 Å². The van der Waals surface area contributed by atoms with Crippen molar-refractivity contribution < 1.29 is 4.42 Å². The first kappa shape index (κ1) is 23.6. The van der Waals surface area contributed by atoms with Gasteiger partial charge in [0.1, 0.15) is 11.2 Å². The van der Waals surface area contributed by atoms with Crippen LogP contribution >= 0.6 is 11.8 Å². The molecule has 0 unspecified atom stereocenters. The van der Waals surface area contributed by atoms with Gasteiger partial charge in [-0.1, -0.05) is 109 Å². The van der Waals surface area contributed by atoms with Gasteiger partial charge in [0.2, 0.25) is 0 Å². The van der Waals surface area contributed by atoms with Crippen LogP contribution in [0.5, 0.6) is 0 Å². The third kappa shape index (κ3) is 3.66. The molecule has 8 aromatic rings. The average Bonchev–Trinajstić information content (AvgIpc) is 3.43. The van der Waals surface area contributed by atoms with Crippen LogP contribution in [-0.4, -0.2) is 0 Å². The van der Waals surface area contributed by atoms with E-state index in [4.69, 9.17) is 4.42 Å². The number of hydrogen-bond donors (Lipinski definition) is 0. The van der Waals surface area contributed by atoms with Gasteiger partial charge in [0, 0.05) is 25.9 Å². The second-order valence-corrected chi connectivity index (χ2v) is 12.0. The van der Waals surface area contributed by atoms with E-state index >= 15 is 0 Å². The molecule has 42 heavy (non-hydrogen) atoms. The summed E-state index contributed by atoms with van der Waals surface area (Å²) in [7, 11) is 0. The van der Waals surface area contributed by atoms with E-state index in [0.717, 1.165) is 27.5 Å². The Morgan fingerprint density at radius 3 is 2.00 bits per heavy atom. The quantitative estimate of drug-likeness (QED) is 0.216. The summed E-state index contributed by atoms with van der Waals surface area (Å²) < 4.78 is 6.27. The van der Waals surface area contributed by atoms with Crippen LogP contribution in [0.3, 0.4) is 0 Å². The highest BCUT2D eigenvalue weighted by Gasteiger charge is 2.21. The SMILES string of the molecule is c1ccc(-c2cc(-c3ccc4c(c3)oc3ccccc34)cc(-c3ccc4c5c(cccc35)-c3ccccc3S4)c2)cc1. The highest BCUT2D eigenvalue weighted by molar-refractivity contribution is 7.99.